The third-order valence-corrected chi connectivity index (χ3v) is 5.90. The molecule has 1 aliphatic rings. The van der Waals surface area contributed by atoms with E-state index in [1.54, 1.807) is 12.1 Å². The summed E-state index contributed by atoms with van der Waals surface area (Å²) in [5, 5.41) is 9.27. The van der Waals surface area contributed by atoms with Gasteiger partial charge in [-0.2, -0.15) is 4.31 Å². The molecule has 1 aliphatic heterocycles. The average molecular weight is 318 g/mol. The number of hydrogen-bond donors (Lipinski definition) is 1. The predicted molar refractivity (Wildman–Crippen MR) is 79.5 cm³/mol. The Bertz CT molecular complexity index is 530. The molecule has 2 rings (SSSR count). The summed E-state index contributed by atoms with van der Waals surface area (Å²) in [5.41, 5.74) is 1.09. The summed E-state index contributed by atoms with van der Waals surface area (Å²) in [6.07, 6.45) is 3.26. The number of aryl methyl sites for hydroxylation is 1. The third-order valence-electron chi connectivity index (χ3n) is 3.66. The number of sulfonamides is 1. The highest BCUT2D eigenvalue weighted by Crippen LogP contribution is 2.26. The Morgan fingerprint density at radius 3 is 2.60 bits per heavy atom. The van der Waals surface area contributed by atoms with Crippen molar-refractivity contribution in [3.63, 3.8) is 0 Å². The lowest BCUT2D eigenvalue weighted by Crippen LogP contribution is -2.37. The second-order valence-electron chi connectivity index (χ2n) is 5.03. The van der Waals surface area contributed by atoms with Crippen molar-refractivity contribution in [2.75, 3.05) is 19.0 Å². The molecule has 6 heteroatoms. The van der Waals surface area contributed by atoms with E-state index in [4.69, 9.17) is 11.6 Å². The second kappa shape index (κ2) is 6.89. The quantitative estimate of drug-likeness (QED) is 0.816. The molecule has 20 heavy (non-hydrogen) atoms. The van der Waals surface area contributed by atoms with Crippen LogP contribution in [0, 0.1) is 0 Å². The lowest BCUT2D eigenvalue weighted by molar-refractivity contribution is 0.213. The average Bonchev–Trinajstić information content (AvgIpc) is 2.95. The van der Waals surface area contributed by atoms with Gasteiger partial charge in [0, 0.05) is 18.5 Å². The molecule has 0 saturated carbocycles. The summed E-state index contributed by atoms with van der Waals surface area (Å²) in [6.45, 7) is 0.370. The van der Waals surface area contributed by atoms with Gasteiger partial charge < -0.3 is 5.11 Å². The van der Waals surface area contributed by atoms with Crippen molar-refractivity contribution in [3.05, 3.63) is 29.8 Å². The zero-order valence-electron chi connectivity index (χ0n) is 11.3. The molecule has 1 aromatic carbocycles. The van der Waals surface area contributed by atoms with Crippen LogP contribution < -0.4 is 0 Å². The van der Waals surface area contributed by atoms with Gasteiger partial charge in [0.1, 0.15) is 0 Å². The van der Waals surface area contributed by atoms with Gasteiger partial charge in [-0.05, 0) is 43.4 Å². The maximum Gasteiger partial charge on any atom is 0.243 e. The molecule has 4 nitrogen and oxygen atoms in total. The van der Waals surface area contributed by atoms with E-state index in [2.05, 4.69) is 0 Å². The normalized spacial score (nSPS) is 20.4. The van der Waals surface area contributed by atoms with Gasteiger partial charge in [-0.1, -0.05) is 12.1 Å². The standard InChI is InChI=1S/C14H20ClNO3S/c15-9-1-3-12-5-7-14(8-6-12)20(18,19)16-10-2-4-13(16)11-17/h5-8,13,17H,1-4,9-11H2/t13-/m1/s1. The summed E-state index contributed by atoms with van der Waals surface area (Å²) in [5.74, 6) is 0.603. The first kappa shape index (κ1) is 15.8. The number of nitrogens with zero attached hydrogens (tertiary/aromatic N) is 1. The molecule has 0 bridgehead atoms. The molecule has 1 atom stereocenters. The fraction of sp³-hybridized carbons (Fsp3) is 0.571. The largest absolute Gasteiger partial charge is 0.395 e. The van der Waals surface area contributed by atoms with Gasteiger partial charge in [-0.3, -0.25) is 0 Å². The molecule has 0 aromatic heterocycles. The first-order valence-electron chi connectivity index (χ1n) is 6.87. The van der Waals surface area contributed by atoms with E-state index in [-0.39, 0.29) is 12.6 Å². The Balaban J connectivity index is 2.17. The van der Waals surface area contributed by atoms with Gasteiger partial charge in [0.15, 0.2) is 0 Å². The summed E-state index contributed by atoms with van der Waals surface area (Å²) >= 11 is 5.65. The van der Waals surface area contributed by atoms with Crippen molar-refractivity contribution in [2.24, 2.45) is 0 Å². The Morgan fingerprint density at radius 1 is 1.30 bits per heavy atom. The van der Waals surface area contributed by atoms with E-state index in [0.29, 0.717) is 17.3 Å². The fourth-order valence-electron chi connectivity index (χ4n) is 2.54. The maximum atomic E-state index is 12.5. The van der Waals surface area contributed by atoms with Crippen molar-refractivity contribution in [1.82, 2.24) is 4.31 Å². The van der Waals surface area contributed by atoms with E-state index in [1.807, 2.05) is 12.1 Å². The minimum absolute atomic E-state index is 0.118. The molecule has 1 saturated heterocycles. The SMILES string of the molecule is O=S(=O)(c1ccc(CCCCl)cc1)N1CCC[C@@H]1CO. The number of halogens is 1. The number of hydrogen-bond acceptors (Lipinski definition) is 3. The molecule has 0 unspecified atom stereocenters. The molecule has 0 amide bonds. The highest BCUT2D eigenvalue weighted by Gasteiger charge is 2.34. The Morgan fingerprint density at radius 2 is 2.00 bits per heavy atom. The van der Waals surface area contributed by atoms with Gasteiger partial charge in [0.2, 0.25) is 10.0 Å². The summed E-state index contributed by atoms with van der Waals surface area (Å²) < 4.78 is 26.5. The zero-order valence-corrected chi connectivity index (χ0v) is 12.9. The van der Waals surface area contributed by atoms with Crippen LogP contribution in [0.4, 0.5) is 0 Å². The number of aliphatic hydroxyl groups is 1. The summed E-state index contributed by atoms with van der Waals surface area (Å²) in [6, 6.07) is 6.68. The molecule has 0 aliphatic carbocycles. The molecule has 0 spiro atoms. The van der Waals surface area contributed by atoms with Crippen molar-refractivity contribution in [2.45, 2.75) is 36.6 Å². The molecule has 1 fully saturated rings. The van der Waals surface area contributed by atoms with Gasteiger partial charge in [-0.25, -0.2) is 8.42 Å². The molecule has 1 heterocycles. The lowest BCUT2D eigenvalue weighted by Gasteiger charge is -2.22. The first-order valence-corrected chi connectivity index (χ1v) is 8.84. The Kier molecular flexibility index (Phi) is 5.43. The molecular weight excluding hydrogens is 298 g/mol. The monoisotopic (exact) mass is 317 g/mol. The number of benzene rings is 1. The van der Waals surface area contributed by atoms with Gasteiger partial charge >= 0.3 is 0 Å². The van der Waals surface area contributed by atoms with Crippen LogP contribution >= 0.6 is 11.6 Å². The van der Waals surface area contributed by atoms with Crippen LogP contribution in [0.15, 0.2) is 29.2 Å². The number of alkyl halides is 1. The van der Waals surface area contributed by atoms with Crippen molar-refractivity contribution in [1.29, 1.82) is 0 Å². The van der Waals surface area contributed by atoms with Crippen LogP contribution in [0.25, 0.3) is 0 Å². The van der Waals surface area contributed by atoms with Gasteiger partial charge in [-0.15, -0.1) is 11.6 Å². The molecule has 1 aromatic rings. The highest BCUT2D eigenvalue weighted by atomic mass is 35.5. The van der Waals surface area contributed by atoms with Crippen LogP contribution in [0.3, 0.4) is 0 Å². The van der Waals surface area contributed by atoms with E-state index >= 15 is 0 Å². The maximum absolute atomic E-state index is 12.5. The van der Waals surface area contributed by atoms with Crippen LogP contribution in [0.2, 0.25) is 0 Å². The van der Waals surface area contributed by atoms with Crippen molar-refractivity contribution < 1.29 is 13.5 Å². The van der Waals surface area contributed by atoms with Crippen LogP contribution in [-0.4, -0.2) is 42.9 Å². The Hall–Kier alpha value is -0.620. The zero-order chi connectivity index (χ0) is 14.6. The minimum atomic E-state index is -3.49. The predicted octanol–water partition coefficient (Wildman–Crippen LogP) is 2.00. The van der Waals surface area contributed by atoms with Gasteiger partial charge in [0.25, 0.3) is 0 Å². The fourth-order valence-corrected chi connectivity index (χ4v) is 4.36. The second-order valence-corrected chi connectivity index (χ2v) is 7.30. The highest BCUT2D eigenvalue weighted by molar-refractivity contribution is 7.89. The van der Waals surface area contributed by atoms with E-state index < -0.39 is 10.0 Å². The van der Waals surface area contributed by atoms with Crippen LogP contribution in [-0.2, 0) is 16.4 Å². The minimum Gasteiger partial charge on any atom is -0.395 e. The van der Waals surface area contributed by atoms with E-state index in [9.17, 15) is 13.5 Å². The van der Waals surface area contributed by atoms with E-state index in [0.717, 1.165) is 31.2 Å². The summed E-state index contributed by atoms with van der Waals surface area (Å²) in [7, 11) is -3.49. The third kappa shape index (κ3) is 3.34. The molecular formula is C14H20ClNO3S. The summed E-state index contributed by atoms with van der Waals surface area (Å²) in [4.78, 5) is 0.299. The van der Waals surface area contributed by atoms with Gasteiger partial charge in [0.05, 0.1) is 11.5 Å². The van der Waals surface area contributed by atoms with Crippen LogP contribution in [0.5, 0.6) is 0 Å². The molecule has 112 valence electrons. The first-order chi connectivity index (χ1) is 9.59. The molecule has 1 N–H and O–H groups in total. The lowest BCUT2D eigenvalue weighted by atomic mass is 10.1. The Labute approximate surface area is 125 Å². The van der Waals surface area contributed by atoms with Crippen molar-refractivity contribution >= 4 is 21.6 Å². The van der Waals surface area contributed by atoms with Crippen LogP contribution in [0.1, 0.15) is 24.8 Å². The van der Waals surface area contributed by atoms with Crippen molar-refractivity contribution in [3.8, 4) is 0 Å². The topological polar surface area (TPSA) is 57.6 Å². The number of aliphatic hydroxyl groups excluding tert-OH is 1. The molecule has 0 radical (unpaired) electrons. The smallest absolute Gasteiger partial charge is 0.243 e. The number of rotatable bonds is 6. The van der Waals surface area contributed by atoms with E-state index in [1.165, 1.54) is 4.31 Å².